The molecular formula is C21H23FN4O6. The molecule has 0 bridgehead atoms. The van der Waals surface area contributed by atoms with Gasteiger partial charge in [0.05, 0.1) is 15.9 Å². The van der Waals surface area contributed by atoms with Crippen molar-refractivity contribution in [2.45, 2.75) is 32.5 Å². The Morgan fingerprint density at radius 2 is 1.75 bits per heavy atom. The number of hydrogen-bond donors (Lipinski definition) is 0. The molecule has 2 atom stereocenters. The highest BCUT2D eigenvalue weighted by atomic mass is 19.1. The van der Waals surface area contributed by atoms with Crippen LogP contribution < -0.4 is 4.74 Å². The molecule has 0 aliphatic carbocycles. The van der Waals surface area contributed by atoms with Crippen LogP contribution in [0.25, 0.3) is 0 Å². The van der Waals surface area contributed by atoms with Crippen molar-refractivity contribution in [3.8, 4) is 5.75 Å². The quantitative estimate of drug-likeness (QED) is 0.473. The standard InChI is InChI=1S/C21H23FN4O6/c1-14-11-24(15(2)10-23(14)12-16-3-5-17(22)6-4-16)21(27)13-32-20-9-18(25(28)29)7-8-19(20)26(30)31/h3-9,14-15H,10-13H2,1-2H3/t14-,15+/m1/s1. The van der Waals surface area contributed by atoms with Crippen LogP contribution in [0.1, 0.15) is 19.4 Å². The second-order valence-electron chi connectivity index (χ2n) is 7.75. The van der Waals surface area contributed by atoms with Gasteiger partial charge in [-0.25, -0.2) is 4.39 Å². The number of carbonyl (C=O) groups is 1. The molecule has 1 aliphatic rings. The molecule has 0 radical (unpaired) electrons. The fourth-order valence-corrected chi connectivity index (χ4v) is 3.70. The van der Waals surface area contributed by atoms with Crippen LogP contribution in [0.5, 0.6) is 5.75 Å². The Labute approximate surface area is 183 Å². The highest BCUT2D eigenvalue weighted by molar-refractivity contribution is 5.78. The summed E-state index contributed by atoms with van der Waals surface area (Å²) >= 11 is 0. The maximum Gasteiger partial charge on any atom is 0.311 e. The lowest BCUT2D eigenvalue weighted by atomic mass is 10.1. The Kier molecular flexibility index (Phi) is 6.98. The summed E-state index contributed by atoms with van der Waals surface area (Å²) in [4.78, 5) is 37.3. The molecule has 0 aromatic heterocycles. The molecule has 1 amide bonds. The van der Waals surface area contributed by atoms with Crippen LogP contribution in [0.2, 0.25) is 0 Å². The average Bonchev–Trinajstić information content (AvgIpc) is 2.75. The Hall–Kier alpha value is -3.60. The highest BCUT2D eigenvalue weighted by Gasteiger charge is 2.32. The van der Waals surface area contributed by atoms with Crippen molar-refractivity contribution in [3.05, 3.63) is 74.1 Å². The first-order valence-corrected chi connectivity index (χ1v) is 9.99. The zero-order valence-corrected chi connectivity index (χ0v) is 17.6. The van der Waals surface area contributed by atoms with Gasteiger partial charge < -0.3 is 9.64 Å². The van der Waals surface area contributed by atoms with Crippen LogP contribution in [-0.4, -0.2) is 57.3 Å². The van der Waals surface area contributed by atoms with Gasteiger partial charge in [-0.2, -0.15) is 0 Å². The number of piperazine rings is 1. The molecule has 32 heavy (non-hydrogen) atoms. The van der Waals surface area contributed by atoms with E-state index < -0.39 is 22.1 Å². The first-order valence-electron chi connectivity index (χ1n) is 9.99. The molecule has 1 aliphatic heterocycles. The van der Waals surface area contributed by atoms with Crippen LogP contribution >= 0.6 is 0 Å². The summed E-state index contributed by atoms with van der Waals surface area (Å²) in [5.74, 6) is -0.991. The Morgan fingerprint density at radius 1 is 1.06 bits per heavy atom. The third kappa shape index (κ3) is 5.35. The Bertz CT molecular complexity index is 1020. The van der Waals surface area contributed by atoms with Gasteiger partial charge in [0.2, 0.25) is 5.75 Å². The van der Waals surface area contributed by atoms with Crippen molar-refractivity contribution < 1.29 is 23.8 Å². The lowest BCUT2D eigenvalue weighted by Crippen LogP contribution is -2.58. The fraction of sp³-hybridized carbons (Fsp3) is 0.381. The molecule has 0 spiro atoms. The second kappa shape index (κ2) is 9.69. The fourth-order valence-electron chi connectivity index (χ4n) is 3.70. The van der Waals surface area contributed by atoms with E-state index >= 15 is 0 Å². The van der Waals surface area contributed by atoms with Crippen LogP contribution in [0, 0.1) is 26.0 Å². The van der Waals surface area contributed by atoms with E-state index in [2.05, 4.69) is 4.90 Å². The predicted molar refractivity (Wildman–Crippen MR) is 113 cm³/mol. The minimum absolute atomic E-state index is 0.0207. The maximum atomic E-state index is 13.1. The third-order valence-electron chi connectivity index (χ3n) is 5.44. The van der Waals surface area contributed by atoms with E-state index in [1.165, 1.54) is 12.1 Å². The Morgan fingerprint density at radius 3 is 2.38 bits per heavy atom. The summed E-state index contributed by atoms with van der Waals surface area (Å²) in [7, 11) is 0. The van der Waals surface area contributed by atoms with E-state index in [1.807, 2.05) is 13.8 Å². The number of nitro benzene ring substituents is 2. The average molecular weight is 446 g/mol. The SMILES string of the molecule is C[C@@H]1CN(C(=O)COc2cc([N+](=O)[O-])ccc2[N+](=O)[O-])[C@@H](C)CN1Cc1ccc(F)cc1. The molecule has 11 heteroatoms. The highest BCUT2D eigenvalue weighted by Crippen LogP contribution is 2.31. The monoisotopic (exact) mass is 446 g/mol. The number of non-ortho nitro benzene ring substituents is 1. The number of nitro groups is 2. The third-order valence-corrected chi connectivity index (χ3v) is 5.44. The number of halogens is 1. The number of amides is 1. The minimum atomic E-state index is -0.720. The molecule has 1 saturated heterocycles. The predicted octanol–water partition coefficient (Wildman–Crippen LogP) is 3.14. The van der Waals surface area contributed by atoms with Gasteiger partial charge in [-0.05, 0) is 31.5 Å². The number of carbonyl (C=O) groups excluding carboxylic acids is 1. The van der Waals surface area contributed by atoms with Gasteiger partial charge in [0, 0.05) is 43.9 Å². The van der Waals surface area contributed by atoms with E-state index in [0.717, 1.165) is 23.8 Å². The second-order valence-corrected chi connectivity index (χ2v) is 7.75. The number of ether oxygens (including phenoxy) is 1. The molecule has 2 aromatic carbocycles. The summed E-state index contributed by atoms with van der Waals surface area (Å²) in [5.41, 5.74) is 0.148. The summed E-state index contributed by atoms with van der Waals surface area (Å²) in [6.07, 6.45) is 0. The van der Waals surface area contributed by atoms with Crippen LogP contribution in [0.15, 0.2) is 42.5 Å². The molecule has 1 fully saturated rings. The maximum absolute atomic E-state index is 13.1. The van der Waals surface area contributed by atoms with Crippen molar-refractivity contribution >= 4 is 17.3 Å². The van der Waals surface area contributed by atoms with Crippen molar-refractivity contribution in [3.63, 3.8) is 0 Å². The van der Waals surface area contributed by atoms with Gasteiger partial charge in [-0.3, -0.25) is 29.9 Å². The van der Waals surface area contributed by atoms with Crippen molar-refractivity contribution in [2.24, 2.45) is 0 Å². The van der Waals surface area contributed by atoms with Crippen LogP contribution in [-0.2, 0) is 11.3 Å². The van der Waals surface area contributed by atoms with Gasteiger partial charge in [0.15, 0.2) is 6.61 Å². The number of rotatable bonds is 7. The molecule has 0 saturated carbocycles. The van der Waals surface area contributed by atoms with Crippen molar-refractivity contribution in [2.75, 3.05) is 19.7 Å². The Balaban J connectivity index is 1.64. The largest absolute Gasteiger partial charge is 0.477 e. The summed E-state index contributed by atoms with van der Waals surface area (Å²) < 4.78 is 18.5. The van der Waals surface area contributed by atoms with Gasteiger partial charge in [0.1, 0.15) is 5.82 Å². The zero-order chi connectivity index (χ0) is 23.4. The van der Waals surface area contributed by atoms with Crippen molar-refractivity contribution in [1.29, 1.82) is 0 Å². The van der Waals surface area contributed by atoms with Crippen molar-refractivity contribution in [1.82, 2.24) is 9.80 Å². The smallest absolute Gasteiger partial charge is 0.311 e. The van der Waals surface area contributed by atoms with Crippen LogP contribution in [0.3, 0.4) is 0 Å². The van der Waals surface area contributed by atoms with Gasteiger partial charge >= 0.3 is 5.69 Å². The molecule has 1 heterocycles. The molecule has 0 N–H and O–H groups in total. The van der Waals surface area contributed by atoms with E-state index in [9.17, 15) is 29.4 Å². The molecule has 0 unspecified atom stereocenters. The summed E-state index contributed by atoms with van der Waals surface area (Å²) in [6.45, 7) is 5.00. The molecule has 10 nitrogen and oxygen atoms in total. The number of nitrogens with zero attached hydrogens (tertiary/aromatic N) is 4. The number of benzene rings is 2. The van der Waals surface area contributed by atoms with E-state index in [4.69, 9.17) is 4.74 Å². The normalized spacial score (nSPS) is 18.9. The molecule has 170 valence electrons. The topological polar surface area (TPSA) is 119 Å². The van der Waals surface area contributed by atoms with E-state index in [1.54, 1.807) is 17.0 Å². The lowest BCUT2D eigenvalue weighted by molar-refractivity contribution is -0.389. The van der Waals surface area contributed by atoms with Gasteiger partial charge in [0.25, 0.3) is 11.6 Å². The first kappa shape index (κ1) is 23.1. The molecule has 3 rings (SSSR count). The minimum Gasteiger partial charge on any atom is -0.477 e. The van der Waals surface area contributed by atoms with Gasteiger partial charge in [-0.1, -0.05) is 12.1 Å². The molecule has 2 aromatic rings. The number of hydrogen-bond acceptors (Lipinski definition) is 7. The summed E-state index contributed by atoms with van der Waals surface area (Å²) in [6, 6.07) is 9.08. The van der Waals surface area contributed by atoms with E-state index in [-0.39, 0.29) is 35.2 Å². The van der Waals surface area contributed by atoms with Gasteiger partial charge in [-0.15, -0.1) is 0 Å². The molecular weight excluding hydrogens is 423 g/mol. The van der Waals surface area contributed by atoms with E-state index in [0.29, 0.717) is 19.6 Å². The zero-order valence-electron chi connectivity index (χ0n) is 17.6. The van der Waals surface area contributed by atoms with Crippen LogP contribution in [0.4, 0.5) is 15.8 Å². The first-order chi connectivity index (χ1) is 15.2. The lowest BCUT2D eigenvalue weighted by Gasteiger charge is -2.44. The summed E-state index contributed by atoms with van der Waals surface area (Å²) in [5, 5.41) is 22.1.